The lowest BCUT2D eigenvalue weighted by atomic mass is 10.2. The van der Waals surface area contributed by atoms with Crippen molar-refractivity contribution in [2.75, 3.05) is 0 Å². The van der Waals surface area contributed by atoms with Crippen molar-refractivity contribution in [3.05, 3.63) is 82.4 Å². The Morgan fingerprint density at radius 2 is 1.65 bits per heavy atom. The van der Waals surface area contributed by atoms with Gasteiger partial charge in [0.15, 0.2) is 5.52 Å². The molecule has 0 aliphatic rings. The fourth-order valence-electron chi connectivity index (χ4n) is 3.24. The molecule has 0 radical (unpaired) electrons. The monoisotopic (exact) mass is 338 g/mol. The molecule has 0 unspecified atom stereocenters. The van der Waals surface area contributed by atoms with Gasteiger partial charge in [0.25, 0.3) is 11.1 Å². The number of hydrogen-bond acceptors (Lipinski definition) is 4. The largest absolute Gasteiger partial charge is 0.343 e. The smallest absolute Gasteiger partial charge is 0.279 e. The van der Waals surface area contributed by atoms with E-state index >= 15 is 0 Å². The predicted octanol–water partition coefficient (Wildman–Crippen LogP) is 1.31. The zero-order chi connectivity index (χ0) is 17.7. The van der Waals surface area contributed by atoms with E-state index in [0.29, 0.717) is 22.3 Å². The summed E-state index contributed by atoms with van der Waals surface area (Å²) in [7, 11) is 0. The second-order valence-corrected chi connectivity index (χ2v) is 5.91. The molecule has 26 heavy (non-hydrogen) atoms. The number of benzene rings is 2. The highest BCUT2D eigenvalue weighted by Crippen LogP contribution is 2.13. The van der Waals surface area contributed by atoms with E-state index in [4.69, 9.17) is 5.41 Å². The van der Waals surface area contributed by atoms with E-state index in [-0.39, 0.29) is 10.6 Å². The van der Waals surface area contributed by atoms with Gasteiger partial charge in [0, 0.05) is 0 Å². The number of hydrogen-bond donors (Lipinski definition) is 1. The van der Waals surface area contributed by atoms with Gasteiger partial charge < -0.3 is 0 Å². The zero-order valence-corrected chi connectivity index (χ0v) is 13.5. The SMILES string of the molecule is N=C=c1c(=O)c2n(cc[n+]2-c2ccccc2)c2nc3ccccc3nc12. The van der Waals surface area contributed by atoms with Crippen molar-refractivity contribution in [3.63, 3.8) is 0 Å². The molecule has 6 nitrogen and oxygen atoms in total. The number of fused-ring (bicyclic) bond motifs is 4. The van der Waals surface area contributed by atoms with Gasteiger partial charge in [-0.05, 0) is 30.1 Å². The Kier molecular flexibility index (Phi) is 2.95. The lowest BCUT2D eigenvalue weighted by Crippen LogP contribution is -2.40. The first-order valence-corrected chi connectivity index (χ1v) is 8.08. The molecule has 5 rings (SSSR count). The molecule has 0 saturated carbocycles. The molecule has 0 amide bonds. The molecule has 122 valence electrons. The highest BCUT2D eigenvalue weighted by Gasteiger charge is 2.22. The van der Waals surface area contributed by atoms with Crippen LogP contribution in [0.25, 0.3) is 33.5 Å². The zero-order valence-electron chi connectivity index (χ0n) is 13.5. The number of nitrogens with one attached hydrogen (secondary N) is 1. The van der Waals surface area contributed by atoms with E-state index in [9.17, 15) is 4.79 Å². The molecule has 0 aliphatic heterocycles. The minimum Gasteiger partial charge on any atom is -0.279 e. The van der Waals surface area contributed by atoms with Crippen molar-refractivity contribution in [2.24, 2.45) is 0 Å². The second-order valence-electron chi connectivity index (χ2n) is 5.91. The first-order valence-electron chi connectivity index (χ1n) is 8.08. The molecule has 3 aromatic heterocycles. The third-order valence-electron chi connectivity index (χ3n) is 4.43. The summed E-state index contributed by atoms with van der Waals surface area (Å²) in [6.45, 7) is 0. The van der Waals surface area contributed by atoms with Crippen LogP contribution in [0, 0.1) is 5.41 Å². The summed E-state index contributed by atoms with van der Waals surface area (Å²) >= 11 is 0. The summed E-state index contributed by atoms with van der Waals surface area (Å²) < 4.78 is 3.52. The molecule has 0 fully saturated rings. The molecule has 2 aromatic carbocycles. The first kappa shape index (κ1) is 14.5. The van der Waals surface area contributed by atoms with Gasteiger partial charge in [-0.25, -0.2) is 9.97 Å². The third-order valence-corrected chi connectivity index (χ3v) is 4.43. The van der Waals surface area contributed by atoms with Crippen LogP contribution in [0.15, 0.2) is 71.8 Å². The average Bonchev–Trinajstić information content (AvgIpc) is 3.14. The van der Waals surface area contributed by atoms with E-state index in [1.807, 2.05) is 60.8 Å². The summed E-state index contributed by atoms with van der Waals surface area (Å²) in [5, 5.41) is 7.76. The van der Waals surface area contributed by atoms with E-state index in [1.54, 1.807) is 15.2 Å². The van der Waals surface area contributed by atoms with E-state index in [0.717, 1.165) is 11.2 Å². The number of para-hydroxylation sites is 3. The maximum absolute atomic E-state index is 13.1. The van der Waals surface area contributed by atoms with Crippen molar-refractivity contribution in [3.8, 4) is 5.69 Å². The van der Waals surface area contributed by atoms with Crippen LogP contribution >= 0.6 is 0 Å². The number of pyridine rings is 1. The average molecular weight is 338 g/mol. The summed E-state index contributed by atoms with van der Waals surface area (Å²) in [4.78, 5) is 22.3. The quantitative estimate of drug-likeness (QED) is 0.284. The first-order chi connectivity index (χ1) is 12.8. The fourth-order valence-corrected chi connectivity index (χ4v) is 3.24. The highest BCUT2D eigenvalue weighted by atomic mass is 16.1. The summed E-state index contributed by atoms with van der Waals surface area (Å²) in [6, 6.07) is 17.1. The molecule has 0 atom stereocenters. The summed E-state index contributed by atoms with van der Waals surface area (Å²) in [6.07, 6.45) is 3.61. The van der Waals surface area contributed by atoms with Gasteiger partial charge in [0.05, 0.1) is 11.0 Å². The van der Waals surface area contributed by atoms with Crippen LogP contribution in [0.2, 0.25) is 0 Å². The van der Waals surface area contributed by atoms with Crippen molar-refractivity contribution < 1.29 is 4.57 Å². The van der Waals surface area contributed by atoms with Crippen molar-refractivity contribution >= 4 is 33.7 Å². The molecule has 0 aliphatic carbocycles. The standard InChI is InChI=1S/C20H12N5O/c21-12-14-17-19(23-16-9-5-4-8-15(16)22-17)25-11-10-24(20(25)18(14)26)13-6-2-1-3-7-13/h1-11,21H/q+1. The van der Waals surface area contributed by atoms with Crippen molar-refractivity contribution in [1.29, 1.82) is 5.41 Å². The molecular formula is C20H12N5O+. The summed E-state index contributed by atoms with van der Waals surface area (Å²) in [5.41, 5.74) is 3.29. The van der Waals surface area contributed by atoms with E-state index < -0.39 is 0 Å². The Labute approximate surface area is 146 Å². The van der Waals surface area contributed by atoms with Gasteiger partial charge in [-0.3, -0.25) is 10.2 Å². The Bertz CT molecular complexity index is 1450. The number of nitrogens with zero attached hydrogens (tertiary/aromatic N) is 4. The Morgan fingerprint density at radius 1 is 0.962 bits per heavy atom. The molecule has 0 bridgehead atoms. The van der Waals surface area contributed by atoms with Crippen LogP contribution in [-0.2, 0) is 0 Å². The molecular weight excluding hydrogens is 326 g/mol. The van der Waals surface area contributed by atoms with Gasteiger partial charge in [-0.1, -0.05) is 30.3 Å². The van der Waals surface area contributed by atoms with Crippen molar-refractivity contribution in [2.45, 2.75) is 0 Å². The molecule has 0 spiro atoms. The van der Waals surface area contributed by atoms with Gasteiger partial charge >= 0.3 is 5.65 Å². The molecule has 0 saturated heterocycles. The van der Waals surface area contributed by atoms with Crippen LogP contribution in [0.3, 0.4) is 0 Å². The van der Waals surface area contributed by atoms with Gasteiger partial charge in [-0.2, -0.15) is 8.97 Å². The normalized spacial score (nSPS) is 11.2. The van der Waals surface area contributed by atoms with Gasteiger partial charge in [-0.15, -0.1) is 0 Å². The predicted molar refractivity (Wildman–Crippen MR) is 97.8 cm³/mol. The van der Waals surface area contributed by atoms with E-state index in [2.05, 4.69) is 15.8 Å². The van der Waals surface area contributed by atoms with Crippen LogP contribution in [0.5, 0.6) is 0 Å². The van der Waals surface area contributed by atoms with Crippen LogP contribution in [0.1, 0.15) is 0 Å². The van der Waals surface area contributed by atoms with Crippen molar-refractivity contribution in [1.82, 2.24) is 14.4 Å². The lowest BCUT2D eigenvalue weighted by molar-refractivity contribution is -0.567. The van der Waals surface area contributed by atoms with Gasteiger partial charge in [0.2, 0.25) is 0 Å². The second kappa shape index (κ2) is 5.31. The van der Waals surface area contributed by atoms with Crippen LogP contribution < -0.4 is 15.2 Å². The van der Waals surface area contributed by atoms with Crippen LogP contribution in [-0.4, -0.2) is 20.2 Å². The molecule has 1 N–H and O–H groups in total. The Balaban J connectivity index is 2.05. The lowest BCUT2D eigenvalue weighted by Gasteiger charge is -2.01. The van der Waals surface area contributed by atoms with Gasteiger partial charge in [0.1, 0.15) is 23.3 Å². The molecule has 3 heterocycles. The Hall–Kier alpha value is -3.89. The third kappa shape index (κ3) is 1.90. The minimum absolute atomic E-state index is 0.120. The summed E-state index contributed by atoms with van der Waals surface area (Å²) in [5.74, 6) is 2.27. The number of imidazole rings is 1. The Morgan fingerprint density at radius 3 is 2.38 bits per heavy atom. The molecule has 5 aromatic rings. The highest BCUT2D eigenvalue weighted by molar-refractivity contribution is 5.87. The minimum atomic E-state index is -0.300. The topological polar surface area (TPSA) is 75.0 Å². The fraction of sp³-hybridized carbons (Fsp3) is 0. The van der Waals surface area contributed by atoms with Crippen LogP contribution in [0.4, 0.5) is 0 Å². The maximum atomic E-state index is 13.1. The van der Waals surface area contributed by atoms with E-state index in [1.165, 1.54) is 0 Å². The number of rotatable bonds is 1. The molecule has 6 heteroatoms. The number of aromatic nitrogens is 4. The maximum Gasteiger partial charge on any atom is 0.343 e.